The van der Waals surface area contributed by atoms with Crippen molar-refractivity contribution in [2.45, 2.75) is 72.1 Å². The summed E-state index contributed by atoms with van der Waals surface area (Å²) in [6, 6.07) is 6.90. The summed E-state index contributed by atoms with van der Waals surface area (Å²) in [6.07, 6.45) is 3.22. The van der Waals surface area contributed by atoms with E-state index in [9.17, 15) is 4.79 Å². The van der Waals surface area contributed by atoms with Crippen LogP contribution in [-0.4, -0.2) is 24.3 Å². The first-order chi connectivity index (χ1) is 11.3. The van der Waals surface area contributed by atoms with Gasteiger partial charge >= 0.3 is 6.09 Å². The molecule has 24 heavy (non-hydrogen) atoms. The summed E-state index contributed by atoms with van der Waals surface area (Å²) in [6.45, 7) is 11.6. The van der Waals surface area contributed by atoms with Crippen LogP contribution in [0.2, 0.25) is 0 Å². The fourth-order valence-electron chi connectivity index (χ4n) is 3.44. The molecular weight excluding hydrogens is 300 g/mol. The Labute approximate surface area is 146 Å². The second-order valence-corrected chi connectivity index (χ2v) is 7.93. The summed E-state index contributed by atoms with van der Waals surface area (Å²) < 4.78 is 5.32. The molecule has 0 aliphatic heterocycles. The van der Waals surface area contributed by atoms with E-state index >= 15 is 0 Å². The van der Waals surface area contributed by atoms with Crippen LogP contribution in [0.5, 0.6) is 0 Å². The van der Waals surface area contributed by atoms with E-state index < -0.39 is 5.60 Å². The summed E-state index contributed by atoms with van der Waals surface area (Å²) in [5, 5.41) is 6.64. The molecule has 1 amide bonds. The maximum Gasteiger partial charge on any atom is 0.407 e. The van der Waals surface area contributed by atoms with E-state index in [0.29, 0.717) is 18.5 Å². The van der Waals surface area contributed by atoms with E-state index in [2.05, 4.69) is 42.7 Å². The van der Waals surface area contributed by atoms with Crippen LogP contribution in [0.1, 0.15) is 56.7 Å². The fraction of sp³-hybridized carbons (Fsp3) is 0.650. The van der Waals surface area contributed by atoms with Gasteiger partial charge in [0.25, 0.3) is 0 Å². The number of benzene rings is 1. The van der Waals surface area contributed by atoms with Crippen molar-refractivity contribution in [1.29, 1.82) is 0 Å². The molecule has 4 nitrogen and oxygen atoms in total. The molecule has 1 aromatic rings. The molecule has 1 aliphatic carbocycles. The lowest BCUT2D eigenvalue weighted by molar-refractivity contribution is 0.0517. The lowest BCUT2D eigenvalue weighted by Crippen LogP contribution is -2.40. The molecule has 2 N–H and O–H groups in total. The Morgan fingerprint density at radius 3 is 2.50 bits per heavy atom. The van der Waals surface area contributed by atoms with Crippen molar-refractivity contribution in [3.05, 3.63) is 34.9 Å². The predicted molar refractivity (Wildman–Crippen MR) is 98.1 cm³/mol. The van der Waals surface area contributed by atoms with Gasteiger partial charge in [0.15, 0.2) is 0 Å². The zero-order chi connectivity index (χ0) is 17.7. The molecule has 1 aromatic carbocycles. The second kappa shape index (κ2) is 8.02. The molecule has 0 aromatic heterocycles. The van der Waals surface area contributed by atoms with Crippen molar-refractivity contribution < 1.29 is 9.53 Å². The monoisotopic (exact) mass is 332 g/mol. The SMILES string of the molecule is Cc1cccc(C)c1CNC1CCCC1CNC(=O)OC(C)(C)C. The minimum atomic E-state index is -0.445. The molecule has 134 valence electrons. The molecule has 2 unspecified atom stereocenters. The third-order valence-electron chi connectivity index (χ3n) is 4.75. The Morgan fingerprint density at radius 1 is 1.21 bits per heavy atom. The van der Waals surface area contributed by atoms with E-state index in [1.165, 1.54) is 29.5 Å². The van der Waals surface area contributed by atoms with Gasteiger partial charge in [-0.15, -0.1) is 0 Å². The number of rotatable bonds is 5. The van der Waals surface area contributed by atoms with Crippen LogP contribution >= 0.6 is 0 Å². The van der Waals surface area contributed by atoms with E-state index in [0.717, 1.165) is 13.0 Å². The Balaban J connectivity index is 1.84. The number of carbonyl (C=O) groups excluding carboxylic acids is 1. The van der Waals surface area contributed by atoms with Crippen molar-refractivity contribution in [3.63, 3.8) is 0 Å². The first-order valence-corrected chi connectivity index (χ1v) is 9.01. The van der Waals surface area contributed by atoms with Crippen molar-refractivity contribution in [2.75, 3.05) is 6.54 Å². The quantitative estimate of drug-likeness (QED) is 0.854. The van der Waals surface area contributed by atoms with Crippen LogP contribution in [0.3, 0.4) is 0 Å². The number of aryl methyl sites for hydroxylation is 2. The highest BCUT2D eigenvalue weighted by atomic mass is 16.6. The number of ether oxygens (including phenoxy) is 1. The maximum absolute atomic E-state index is 11.8. The third-order valence-corrected chi connectivity index (χ3v) is 4.75. The number of carbonyl (C=O) groups is 1. The van der Waals surface area contributed by atoms with Gasteiger partial charge in [-0.25, -0.2) is 4.79 Å². The van der Waals surface area contributed by atoms with Crippen molar-refractivity contribution in [3.8, 4) is 0 Å². The minimum Gasteiger partial charge on any atom is -0.444 e. The molecule has 0 radical (unpaired) electrons. The largest absolute Gasteiger partial charge is 0.444 e. The summed E-state index contributed by atoms with van der Waals surface area (Å²) in [4.78, 5) is 11.8. The van der Waals surface area contributed by atoms with Gasteiger partial charge in [-0.2, -0.15) is 0 Å². The molecule has 4 heteroatoms. The van der Waals surface area contributed by atoms with E-state index in [1.54, 1.807) is 0 Å². The fourth-order valence-corrected chi connectivity index (χ4v) is 3.44. The Morgan fingerprint density at radius 2 is 1.88 bits per heavy atom. The average molecular weight is 332 g/mol. The van der Waals surface area contributed by atoms with Crippen LogP contribution in [-0.2, 0) is 11.3 Å². The molecule has 1 saturated carbocycles. The van der Waals surface area contributed by atoms with Crippen LogP contribution in [0, 0.1) is 19.8 Å². The number of nitrogens with one attached hydrogen (secondary N) is 2. The van der Waals surface area contributed by atoms with Gasteiger partial charge in [-0.1, -0.05) is 24.6 Å². The van der Waals surface area contributed by atoms with Crippen molar-refractivity contribution >= 4 is 6.09 Å². The first-order valence-electron chi connectivity index (χ1n) is 9.01. The third kappa shape index (κ3) is 5.52. The Kier molecular flexibility index (Phi) is 6.27. The molecule has 0 saturated heterocycles. The second-order valence-electron chi connectivity index (χ2n) is 7.93. The molecule has 0 heterocycles. The summed E-state index contributed by atoms with van der Waals surface area (Å²) in [5.41, 5.74) is 3.62. The van der Waals surface area contributed by atoms with Gasteiger partial charge in [0, 0.05) is 19.1 Å². The number of hydrogen-bond donors (Lipinski definition) is 2. The van der Waals surface area contributed by atoms with Gasteiger partial charge in [0.2, 0.25) is 0 Å². The standard InChI is InChI=1S/C20H32N2O2/c1-14-8-6-9-15(2)17(14)13-21-18-11-7-10-16(18)12-22-19(23)24-20(3,4)5/h6,8-9,16,18,21H,7,10-13H2,1-5H3,(H,22,23). The van der Waals surface area contributed by atoms with Gasteiger partial charge in [0.05, 0.1) is 0 Å². The number of amides is 1. The zero-order valence-electron chi connectivity index (χ0n) is 15.7. The lowest BCUT2D eigenvalue weighted by Gasteiger charge is -2.24. The average Bonchev–Trinajstić information content (AvgIpc) is 2.90. The predicted octanol–water partition coefficient (Wildman–Crippen LogP) is 4.09. The zero-order valence-corrected chi connectivity index (χ0v) is 15.7. The summed E-state index contributed by atoms with van der Waals surface area (Å²) in [5.74, 6) is 0.474. The van der Waals surface area contributed by atoms with Crippen molar-refractivity contribution in [2.24, 2.45) is 5.92 Å². The van der Waals surface area contributed by atoms with Gasteiger partial charge in [0.1, 0.15) is 5.60 Å². The molecular formula is C20H32N2O2. The van der Waals surface area contributed by atoms with E-state index in [-0.39, 0.29) is 6.09 Å². The Hall–Kier alpha value is -1.55. The van der Waals surface area contributed by atoms with Crippen LogP contribution in [0.4, 0.5) is 4.79 Å². The van der Waals surface area contributed by atoms with Crippen LogP contribution in [0.15, 0.2) is 18.2 Å². The van der Waals surface area contributed by atoms with E-state index in [1.807, 2.05) is 20.8 Å². The van der Waals surface area contributed by atoms with Gasteiger partial charge in [-0.05, 0) is 70.1 Å². The van der Waals surface area contributed by atoms with Crippen LogP contribution < -0.4 is 10.6 Å². The molecule has 0 bridgehead atoms. The van der Waals surface area contributed by atoms with Gasteiger partial charge < -0.3 is 15.4 Å². The number of alkyl carbamates (subject to hydrolysis) is 1. The molecule has 2 atom stereocenters. The molecule has 0 spiro atoms. The topological polar surface area (TPSA) is 50.4 Å². The minimum absolute atomic E-state index is 0.317. The molecule has 2 rings (SSSR count). The van der Waals surface area contributed by atoms with E-state index in [4.69, 9.17) is 4.74 Å². The summed E-state index contributed by atoms with van der Waals surface area (Å²) >= 11 is 0. The lowest BCUT2D eigenvalue weighted by atomic mass is 10.0. The van der Waals surface area contributed by atoms with Crippen molar-refractivity contribution in [1.82, 2.24) is 10.6 Å². The maximum atomic E-state index is 11.8. The highest BCUT2D eigenvalue weighted by Crippen LogP contribution is 2.26. The number of hydrogen-bond acceptors (Lipinski definition) is 3. The molecule has 1 aliphatic rings. The summed E-state index contributed by atoms with van der Waals surface area (Å²) in [7, 11) is 0. The smallest absolute Gasteiger partial charge is 0.407 e. The first kappa shape index (κ1) is 18.8. The Bertz CT molecular complexity index is 543. The highest BCUT2D eigenvalue weighted by Gasteiger charge is 2.28. The van der Waals surface area contributed by atoms with Crippen LogP contribution in [0.25, 0.3) is 0 Å². The normalized spacial score (nSPS) is 20.9. The molecule has 1 fully saturated rings. The highest BCUT2D eigenvalue weighted by molar-refractivity contribution is 5.67. The van der Waals surface area contributed by atoms with Gasteiger partial charge in [-0.3, -0.25) is 0 Å².